The number of nitrogens with zero attached hydrogens (tertiary/aromatic N) is 3. The molecule has 1 fully saturated rings. The second-order valence-electron chi connectivity index (χ2n) is 21.6. The number of ketones is 1. The summed E-state index contributed by atoms with van der Waals surface area (Å²) in [6, 6.07) is 60.9. The van der Waals surface area contributed by atoms with Gasteiger partial charge in [0.2, 0.25) is 0 Å². The zero-order valence-corrected chi connectivity index (χ0v) is 48.2. The number of imide groups is 3. The highest BCUT2D eigenvalue weighted by atomic mass is 16.6. The first-order valence-corrected chi connectivity index (χ1v) is 29.0. The van der Waals surface area contributed by atoms with E-state index in [0.717, 1.165) is 10.8 Å². The molecule has 0 N–H and O–H groups in total. The maximum absolute atomic E-state index is 13.3. The van der Waals surface area contributed by atoms with Gasteiger partial charge in [0, 0.05) is 66.2 Å². The number of ether oxygens (including phenoxy) is 3. The molecule has 14 rings (SSSR count). The number of anilines is 3. The first kappa shape index (κ1) is 57.3. The topological polar surface area (TPSA) is 174 Å². The molecule has 10 aromatic carbocycles. The molecule has 0 spiro atoms. The van der Waals surface area contributed by atoms with Crippen molar-refractivity contribution < 1.29 is 52.6 Å². The predicted molar refractivity (Wildman–Crippen MR) is 338 cm³/mol. The maximum Gasteiger partial charge on any atom is 0.333 e. The summed E-state index contributed by atoms with van der Waals surface area (Å²) in [4.78, 5) is 108. The Kier molecular flexibility index (Phi) is 15.9. The Morgan fingerprint density at radius 1 is 0.432 bits per heavy atom. The first-order chi connectivity index (χ1) is 42.9. The molecule has 0 atom stereocenters. The lowest BCUT2D eigenvalue weighted by atomic mass is 9.80. The molecule has 3 aliphatic heterocycles. The van der Waals surface area contributed by atoms with E-state index >= 15 is 0 Å². The van der Waals surface area contributed by atoms with Crippen molar-refractivity contribution in [3.05, 3.63) is 268 Å². The van der Waals surface area contributed by atoms with E-state index in [1.54, 1.807) is 134 Å². The van der Waals surface area contributed by atoms with E-state index in [0.29, 0.717) is 106 Å². The molecule has 1 aliphatic carbocycles. The average molecular weight is 1160 g/mol. The summed E-state index contributed by atoms with van der Waals surface area (Å²) < 4.78 is 16.4. The molecule has 3 heterocycles. The van der Waals surface area contributed by atoms with E-state index in [1.807, 2.05) is 66.7 Å². The van der Waals surface area contributed by atoms with Crippen LogP contribution < -0.4 is 24.2 Å². The molecular formula is C74H57N3O11. The Morgan fingerprint density at radius 2 is 0.852 bits per heavy atom. The van der Waals surface area contributed by atoms with Gasteiger partial charge in [-0.3, -0.25) is 33.6 Å². The van der Waals surface area contributed by atoms with Gasteiger partial charge in [-0.1, -0.05) is 141 Å². The lowest BCUT2D eigenvalue weighted by Crippen LogP contribution is -2.40. The van der Waals surface area contributed by atoms with E-state index < -0.39 is 17.8 Å². The number of para-hydroxylation sites is 3. The second kappa shape index (κ2) is 24.5. The fourth-order valence-electron chi connectivity index (χ4n) is 12.2. The number of methoxy groups -OCH3 is 1. The summed E-state index contributed by atoms with van der Waals surface area (Å²) in [6.45, 7) is 5.20. The number of amides is 6. The summed E-state index contributed by atoms with van der Waals surface area (Å²) in [6.07, 6.45) is 6.20. The van der Waals surface area contributed by atoms with Crippen molar-refractivity contribution in [2.45, 2.75) is 44.9 Å². The van der Waals surface area contributed by atoms with Crippen LogP contribution in [0.5, 0.6) is 11.5 Å². The minimum absolute atomic E-state index is 0.0244. The number of benzene rings is 10. The van der Waals surface area contributed by atoms with Crippen molar-refractivity contribution in [3.8, 4) is 11.5 Å². The van der Waals surface area contributed by atoms with Crippen LogP contribution in [0.2, 0.25) is 0 Å². The molecule has 0 bridgehead atoms. The van der Waals surface area contributed by atoms with E-state index in [1.165, 1.54) is 59.5 Å². The zero-order chi connectivity index (χ0) is 61.2. The highest BCUT2D eigenvalue weighted by molar-refractivity contribution is 6.39. The van der Waals surface area contributed by atoms with Crippen molar-refractivity contribution >= 4 is 96.6 Å². The number of esters is 1. The van der Waals surface area contributed by atoms with Crippen LogP contribution in [0.15, 0.2) is 218 Å². The third kappa shape index (κ3) is 10.4. The predicted octanol–water partition coefficient (Wildman–Crippen LogP) is 14.7. The van der Waals surface area contributed by atoms with Gasteiger partial charge in [0.1, 0.15) is 24.7 Å². The maximum atomic E-state index is 13.3. The molecule has 6 amide bonds. The Hall–Kier alpha value is -11.1. The van der Waals surface area contributed by atoms with Crippen LogP contribution in [0.3, 0.4) is 0 Å². The largest absolute Gasteiger partial charge is 0.496 e. The molecule has 14 heteroatoms. The second-order valence-corrected chi connectivity index (χ2v) is 21.6. The van der Waals surface area contributed by atoms with Gasteiger partial charge >= 0.3 is 5.97 Å². The van der Waals surface area contributed by atoms with Gasteiger partial charge in [-0.25, -0.2) is 19.5 Å². The summed E-state index contributed by atoms with van der Waals surface area (Å²) in [5.74, 6) is -1.30. The van der Waals surface area contributed by atoms with Crippen molar-refractivity contribution in [2.24, 2.45) is 0 Å². The Bertz CT molecular complexity index is 4440. The number of carbonyl (C=O) groups is 8. The van der Waals surface area contributed by atoms with Gasteiger partial charge < -0.3 is 14.2 Å². The molecule has 0 unspecified atom stereocenters. The standard InChI is InChI=1S/C25H21NO6.C25H15NO3.C24H21NO2/c1-15(2)25(29)32-14-13-31-20-12-10-18-21-17(9-11-19(30-3)22(20)21)23(27)26(24(18)28)16-7-5-4-6-8-16;27-23(16-8-3-1-4-9-16)19-14-15-21-22-18(19)12-7-13-20(22)24(28)26(25(21)29)17-10-5-2-6-11-17;26-23-20-13-7-12-19-18(16-8-3-1-4-9-16)14-15-21(22(19)20)24(27)25(23)17-10-5-2-6-11-17/h4-12H,1,13-14H2,2-3H3;1-15H;2,5-7,10-16H,1,3-4,8-9H2. The van der Waals surface area contributed by atoms with Gasteiger partial charge in [0.05, 0.1) is 29.6 Å². The van der Waals surface area contributed by atoms with Gasteiger partial charge in [-0.2, -0.15) is 0 Å². The minimum Gasteiger partial charge on any atom is -0.496 e. The number of hydrogen-bond acceptors (Lipinski definition) is 11. The smallest absolute Gasteiger partial charge is 0.333 e. The van der Waals surface area contributed by atoms with E-state index in [9.17, 15) is 38.4 Å². The van der Waals surface area contributed by atoms with E-state index in [4.69, 9.17) is 14.2 Å². The van der Waals surface area contributed by atoms with Gasteiger partial charge in [0.15, 0.2) is 5.78 Å². The van der Waals surface area contributed by atoms with Gasteiger partial charge in [-0.05, 0) is 133 Å². The first-order valence-electron chi connectivity index (χ1n) is 29.0. The summed E-state index contributed by atoms with van der Waals surface area (Å²) >= 11 is 0. The fourth-order valence-corrected chi connectivity index (χ4v) is 12.2. The van der Waals surface area contributed by atoms with Crippen LogP contribution in [0.1, 0.15) is 129 Å². The van der Waals surface area contributed by atoms with Crippen LogP contribution in [-0.4, -0.2) is 67.5 Å². The van der Waals surface area contributed by atoms with Gasteiger partial charge in [-0.15, -0.1) is 0 Å². The molecule has 88 heavy (non-hydrogen) atoms. The zero-order valence-electron chi connectivity index (χ0n) is 48.2. The lowest BCUT2D eigenvalue weighted by molar-refractivity contribution is -0.139. The third-order valence-corrected chi connectivity index (χ3v) is 16.3. The van der Waals surface area contributed by atoms with Crippen molar-refractivity contribution in [1.29, 1.82) is 0 Å². The summed E-state index contributed by atoms with van der Waals surface area (Å²) in [5.41, 5.74) is 7.12. The van der Waals surface area contributed by atoms with Crippen LogP contribution in [0, 0.1) is 0 Å². The Labute approximate surface area is 506 Å². The molecule has 0 aromatic heterocycles. The fraction of sp³-hybridized carbons (Fsp3) is 0.135. The van der Waals surface area contributed by atoms with Crippen LogP contribution in [-0.2, 0) is 9.53 Å². The number of carbonyl (C=O) groups excluding carboxylic acids is 8. The van der Waals surface area contributed by atoms with Crippen LogP contribution >= 0.6 is 0 Å². The molecular weight excluding hydrogens is 1110 g/mol. The molecule has 0 saturated heterocycles. The average Bonchev–Trinajstić information content (AvgIpc) is 1.07. The Balaban J connectivity index is 0.000000129. The SMILES string of the molecule is C=C(C)C(=O)OCCOc1ccc2c3c(ccc(OC)c13)C(=O)N(c1ccccc1)C2=O.O=C(c1ccccc1)c1ccc2c3c(cccc13)C(=O)N(c1ccccc1)C2=O.O=C1c2cccc3c(C4CCCCC4)ccc(c23)C(=O)N1c1ccccc1. The summed E-state index contributed by atoms with van der Waals surface area (Å²) in [7, 11) is 1.51. The third-order valence-electron chi connectivity index (χ3n) is 16.3. The minimum atomic E-state index is -0.500. The van der Waals surface area contributed by atoms with E-state index in [-0.39, 0.29) is 42.6 Å². The molecule has 1 saturated carbocycles. The van der Waals surface area contributed by atoms with Gasteiger partial charge in [0.25, 0.3) is 35.4 Å². The normalized spacial score (nSPS) is 14.3. The highest BCUT2D eigenvalue weighted by Gasteiger charge is 2.38. The monoisotopic (exact) mass is 1160 g/mol. The van der Waals surface area contributed by atoms with Crippen molar-refractivity contribution in [3.63, 3.8) is 0 Å². The van der Waals surface area contributed by atoms with Crippen molar-refractivity contribution in [2.75, 3.05) is 35.0 Å². The Morgan fingerprint density at radius 3 is 1.34 bits per heavy atom. The number of hydrogen-bond donors (Lipinski definition) is 0. The van der Waals surface area contributed by atoms with Crippen molar-refractivity contribution in [1.82, 2.24) is 0 Å². The molecule has 10 aromatic rings. The molecule has 14 nitrogen and oxygen atoms in total. The highest BCUT2D eigenvalue weighted by Crippen LogP contribution is 2.44. The number of rotatable bonds is 12. The quantitative estimate of drug-likeness (QED) is 0.0374. The van der Waals surface area contributed by atoms with E-state index in [2.05, 4.69) is 18.7 Å². The summed E-state index contributed by atoms with van der Waals surface area (Å²) in [5, 5.41) is 4.06. The van der Waals surface area contributed by atoms with Crippen LogP contribution in [0.25, 0.3) is 32.3 Å². The van der Waals surface area contributed by atoms with Crippen LogP contribution in [0.4, 0.5) is 17.1 Å². The molecule has 4 aliphatic rings. The molecule has 434 valence electrons. The molecule has 0 radical (unpaired) electrons. The lowest BCUT2D eigenvalue weighted by Gasteiger charge is -2.29.